The van der Waals surface area contributed by atoms with Crippen molar-refractivity contribution in [2.75, 3.05) is 13.6 Å². The molecule has 0 saturated carbocycles. The van der Waals surface area contributed by atoms with Gasteiger partial charge in [0.05, 0.1) is 7.05 Å². The molecule has 0 bridgehead atoms. The first-order valence-electron chi connectivity index (χ1n) is 4.19. The Morgan fingerprint density at radius 3 is 1.94 bits per heavy atom. The van der Waals surface area contributed by atoms with Crippen molar-refractivity contribution >= 4 is 11.9 Å². The van der Waals surface area contributed by atoms with Crippen LogP contribution in [0.5, 0.6) is 0 Å². The maximum atomic E-state index is 10.9. The minimum absolute atomic E-state index is 0.201. The predicted octanol–water partition coefficient (Wildman–Crippen LogP) is -0.496. The Morgan fingerprint density at radius 1 is 1.41 bits per heavy atom. The fraction of sp³-hybridized carbons (Fsp3) is 0.333. The van der Waals surface area contributed by atoms with Gasteiger partial charge in [-0.05, 0) is 6.08 Å². The lowest BCUT2D eigenvalue weighted by Gasteiger charge is -2.21. The minimum atomic E-state index is -5.19. The Hall–Kier alpha value is -1.67. The van der Waals surface area contributed by atoms with E-state index < -0.39 is 12.1 Å². The van der Waals surface area contributed by atoms with Gasteiger partial charge in [-0.25, -0.2) is 4.79 Å². The molecule has 0 aliphatic rings. The molecule has 98 valence electrons. The summed E-state index contributed by atoms with van der Waals surface area (Å²) in [6.07, 6.45) is -2.38. The number of halogens is 3. The number of carbonyl (C=O) groups excluding carboxylic acids is 2. The fourth-order valence-corrected chi connectivity index (χ4v) is 0.567. The molecule has 8 heteroatoms. The SMILES string of the molecule is C=CC[N+](C)(N)C(=O)C=C.O=C([O-])C(F)(F)F. The molecule has 1 unspecified atom stereocenters. The van der Waals surface area contributed by atoms with Crippen LogP contribution in [0.4, 0.5) is 13.2 Å². The van der Waals surface area contributed by atoms with E-state index in [0.717, 1.165) is 0 Å². The number of hydrogen-bond donors (Lipinski definition) is 1. The summed E-state index contributed by atoms with van der Waals surface area (Å²) in [6, 6.07) is 0. The highest BCUT2D eigenvalue weighted by Gasteiger charge is 2.28. The number of amides is 1. The molecular weight excluding hydrogens is 241 g/mol. The van der Waals surface area contributed by atoms with E-state index in [-0.39, 0.29) is 10.5 Å². The molecule has 0 spiro atoms. The molecule has 17 heavy (non-hydrogen) atoms. The van der Waals surface area contributed by atoms with Crippen molar-refractivity contribution in [1.82, 2.24) is 0 Å². The van der Waals surface area contributed by atoms with Crippen LogP contribution in [0.25, 0.3) is 0 Å². The summed E-state index contributed by atoms with van der Waals surface area (Å²) in [5, 5.41) is 8.78. The summed E-state index contributed by atoms with van der Waals surface area (Å²) >= 11 is 0. The van der Waals surface area contributed by atoms with Gasteiger partial charge in [0.15, 0.2) is 0 Å². The normalized spacial score (nSPS) is 13.7. The molecular formula is C9H13F3N2O3. The van der Waals surface area contributed by atoms with Crippen LogP contribution in [0.1, 0.15) is 0 Å². The summed E-state index contributed by atoms with van der Waals surface area (Å²) in [6.45, 7) is 7.23. The highest BCUT2D eigenvalue weighted by molar-refractivity contribution is 5.80. The third-order valence-electron chi connectivity index (χ3n) is 1.42. The van der Waals surface area contributed by atoms with Crippen LogP contribution < -0.4 is 10.9 Å². The summed E-state index contributed by atoms with van der Waals surface area (Å²) in [7, 11) is 1.60. The van der Waals surface area contributed by atoms with Crippen LogP contribution in [0, 0.1) is 0 Å². The Bertz CT molecular complexity index is 311. The van der Waals surface area contributed by atoms with Crippen molar-refractivity contribution < 1.29 is 32.5 Å². The second-order valence-corrected chi connectivity index (χ2v) is 3.07. The molecule has 2 N–H and O–H groups in total. The first-order chi connectivity index (χ1) is 7.49. The van der Waals surface area contributed by atoms with Crippen LogP contribution in [-0.2, 0) is 9.59 Å². The third-order valence-corrected chi connectivity index (χ3v) is 1.42. The van der Waals surface area contributed by atoms with Crippen molar-refractivity contribution in [3.05, 3.63) is 25.3 Å². The lowest BCUT2D eigenvalue weighted by Crippen LogP contribution is -2.54. The maximum absolute atomic E-state index is 10.9. The second kappa shape index (κ2) is 6.81. The van der Waals surface area contributed by atoms with Crippen LogP contribution in [0.2, 0.25) is 0 Å². The molecule has 0 aromatic rings. The lowest BCUT2D eigenvalue weighted by atomic mass is 10.4. The van der Waals surface area contributed by atoms with Crippen molar-refractivity contribution in [2.45, 2.75) is 6.18 Å². The molecule has 0 aromatic carbocycles. The fourth-order valence-electron chi connectivity index (χ4n) is 0.567. The number of nitrogens with two attached hydrogens (primary N) is 1. The number of aliphatic carboxylic acids is 1. The van der Waals surface area contributed by atoms with E-state index in [1.165, 1.54) is 6.08 Å². The number of hydrogen-bond acceptors (Lipinski definition) is 4. The van der Waals surface area contributed by atoms with Crippen LogP contribution >= 0.6 is 0 Å². The zero-order chi connectivity index (χ0) is 14.3. The van der Waals surface area contributed by atoms with Gasteiger partial charge in [-0.1, -0.05) is 13.2 Å². The van der Waals surface area contributed by atoms with Crippen LogP contribution in [0.3, 0.4) is 0 Å². The molecule has 1 amide bonds. The molecule has 0 saturated heterocycles. The Kier molecular flexibility index (Phi) is 7.10. The summed E-state index contributed by atoms with van der Waals surface area (Å²) < 4.78 is 31.3. The maximum Gasteiger partial charge on any atom is 0.430 e. The number of alkyl halides is 3. The van der Waals surface area contributed by atoms with Crippen molar-refractivity contribution in [2.24, 2.45) is 5.84 Å². The van der Waals surface area contributed by atoms with E-state index in [9.17, 15) is 18.0 Å². The van der Waals surface area contributed by atoms with Crippen LogP contribution in [0.15, 0.2) is 25.3 Å². The molecule has 0 aliphatic carbocycles. The van der Waals surface area contributed by atoms with Crippen molar-refractivity contribution in [3.8, 4) is 0 Å². The Balaban J connectivity index is 0. The van der Waals surface area contributed by atoms with Crippen molar-refractivity contribution in [1.29, 1.82) is 0 Å². The van der Waals surface area contributed by atoms with Gasteiger partial charge < -0.3 is 9.90 Å². The quantitative estimate of drug-likeness (QED) is 0.184. The van der Waals surface area contributed by atoms with Gasteiger partial charge in [-0.2, -0.15) is 23.6 Å². The molecule has 0 radical (unpaired) electrons. The summed E-state index contributed by atoms with van der Waals surface area (Å²) in [5.74, 6) is 2.31. The minimum Gasteiger partial charge on any atom is -0.542 e. The molecule has 0 aliphatic heterocycles. The van der Waals surface area contributed by atoms with Gasteiger partial charge in [0.25, 0.3) is 0 Å². The second-order valence-electron chi connectivity index (χ2n) is 3.07. The lowest BCUT2D eigenvalue weighted by molar-refractivity contribution is -0.837. The number of carbonyl (C=O) groups is 2. The number of rotatable bonds is 3. The highest BCUT2D eigenvalue weighted by Crippen LogP contribution is 2.11. The monoisotopic (exact) mass is 254 g/mol. The van der Waals surface area contributed by atoms with E-state index in [1.54, 1.807) is 13.1 Å². The highest BCUT2D eigenvalue weighted by atomic mass is 19.4. The summed E-state index contributed by atoms with van der Waals surface area (Å²) in [5.41, 5.74) is 0. The van der Waals surface area contributed by atoms with Crippen LogP contribution in [-0.4, -0.2) is 36.2 Å². The van der Waals surface area contributed by atoms with Gasteiger partial charge >= 0.3 is 12.1 Å². The predicted molar refractivity (Wildman–Crippen MR) is 51.7 cm³/mol. The van der Waals surface area contributed by atoms with E-state index >= 15 is 0 Å². The van der Waals surface area contributed by atoms with Crippen molar-refractivity contribution in [3.63, 3.8) is 0 Å². The van der Waals surface area contributed by atoms with E-state index in [2.05, 4.69) is 13.2 Å². The molecule has 0 fully saturated rings. The molecule has 5 nitrogen and oxygen atoms in total. The van der Waals surface area contributed by atoms with E-state index in [4.69, 9.17) is 15.7 Å². The largest absolute Gasteiger partial charge is 0.542 e. The van der Waals surface area contributed by atoms with Gasteiger partial charge in [-0.3, -0.25) is 0 Å². The molecule has 1 atom stereocenters. The zero-order valence-corrected chi connectivity index (χ0v) is 9.16. The standard InChI is InChI=1S/C7H13N2O.C2HF3O2/c1-4-6-9(3,8)7(10)5-2;3-2(4,5)1(6)7/h4-5H,1-2,6,8H2,3H3;(H,6,7)/q+1;/p-1. The molecule has 0 rings (SSSR count). The molecule has 0 heterocycles. The average Bonchev–Trinajstić information content (AvgIpc) is 2.15. The summed E-state index contributed by atoms with van der Waals surface area (Å²) in [4.78, 5) is 19.7. The number of quaternary nitrogens is 1. The number of likely N-dealkylation sites (N-methyl/N-ethyl adjacent to an activating group) is 1. The third kappa shape index (κ3) is 8.17. The average molecular weight is 254 g/mol. The van der Waals surface area contributed by atoms with Gasteiger partial charge in [0.2, 0.25) is 0 Å². The number of carboxylic acid groups (broad SMARTS) is 1. The molecule has 0 aromatic heterocycles. The number of nitrogens with zero attached hydrogens (tertiary/aromatic N) is 1. The topological polar surface area (TPSA) is 83.2 Å². The zero-order valence-electron chi connectivity index (χ0n) is 9.16. The van der Waals surface area contributed by atoms with Gasteiger partial charge in [0.1, 0.15) is 12.5 Å². The van der Waals surface area contributed by atoms with E-state index in [0.29, 0.717) is 6.54 Å². The first kappa shape index (κ1) is 17.7. The van der Waals surface area contributed by atoms with Gasteiger partial charge in [-0.15, -0.1) is 0 Å². The van der Waals surface area contributed by atoms with E-state index in [1.807, 2.05) is 0 Å². The smallest absolute Gasteiger partial charge is 0.430 e. The Labute approximate surface area is 96.2 Å². The number of carboxylic acids is 1. The van der Waals surface area contributed by atoms with Gasteiger partial charge in [0, 0.05) is 6.08 Å². The first-order valence-corrected chi connectivity index (χ1v) is 4.19. The Morgan fingerprint density at radius 2 is 1.76 bits per heavy atom.